The Kier molecular flexibility index (Phi) is 9.68. The SMILES string of the molecule is CCn1c(=O)/c(=C\Nc2cccc(NC(=O)CN(C)c3ccccc3F)c2)s/c1=C(/C#N)C(=O)NCC(F)(F)F. The molecule has 2 aromatic carbocycles. The summed E-state index contributed by atoms with van der Waals surface area (Å²) in [6, 6.07) is 14.2. The minimum Gasteiger partial charge on any atom is -0.363 e. The Morgan fingerprint density at radius 3 is 2.50 bits per heavy atom. The Morgan fingerprint density at radius 1 is 1.15 bits per heavy atom. The van der Waals surface area contributed by atoms with Crippen molar-refractivity contribution in [3.05, 3.63) is 73.9 Å². The molecule has 0 saturated heterocycles. The monoisotopic (exact) mass is 576 g/mol. The van der Waals surface area contributed by atoms with E-state index in [0.29, 0.717) is 11.4 Å². The molecule has 0 atom stereocenters. The molecule has 0 fully saturated rings. The first-order valence-corrected chi connectivity index (χ1v) is 12.6. The van der Waals surface area contributed by atoms with Crippen LogP contribution in [-0.2, 0) is 16.1 Å². The van der Waals surface area contributed by atoms with Gasteiger partial charge < -0.3 is 20.9 Å². The number of nitrogens with one attached hydrogen (secondary N) is 3. The normalized spacial score (nSPS) is 12.4. The number of amides is 2. The van der Waals surface area contributed by atoms with Gasteiger partial charge in [0, 0.05) is 31.2 Å². The number of rotatable bonds is 9. The minimum absolute atomic E-state index is 0.0685. The smallest absolute Gasteiger partial charge is 0.363 e. The number of thiazole rings is 1. The molecule has 9 nitrogen and oxygen atoms in total. The highest BCUT2D eigenvalue weighted by atomic mass is 32.1. The van der Waals surface area contributed by atoms with E-state index >= 15 is 0 Å². The number of nitrogens with zero attached hydrogens (tertiary/aromatic N) is 3. The summed E-state index contributed by atoms with van der Waals surface area (Å²) < 4.78 is 52.6. The third-order valence-electron chi connectivity index (χ3n) is 5.39. The van der Waals surface area contributed by atoms with Crippen LogP contribution in [0, 0.1) is 17.1 Å². The molecule has 0 unspecified atom stereocenters. The second-order valence-corrected chi connectivity index (χ2v) is 9.36. The number of nitriles is 1. The van der Waals surface area contributed by atoms with Crippen molar-refractivity contribution in [3.63, 3.8) is 0 Å². The van der Waals surface area contributed by atoms with Crippen LogP contribution in [0.15, 0.2) is 53.3 Å². The van der Waals surface area contributed by atoms with E-state index in [2.05, 4.69) is 10.6 Å². The summed E-state index contributed by atoms with van der Waals surface area (Å²) in [4.78, 5) is 39.0. The second kappa shape index (κ2) is 12.9. The Hall–Kier alpha value is -4.64. The molecule has 40 heavy (non-hydrogen) atoms. The fourth-order valence-electron chi connectivity index (χ4n) is 3.56. The van der Waals surface area contributed by atoms with Crippen LogP contribution in [0.2, 0.25) is 0 Å². The van der Waals surface area contributed by atoms with Crippen LogP contribution < -0.4 is 35.6 Å². The second-order valence-electron chi connectivity index (χ2n) is 8.33. The Bertz CT molecular complexity index is 1620. The lowest BCUT2D eigenvalue weighted by molar-refractivity contribution is -0.135. The highest BCUT2D eigenvalue weighted by Crippen LogP contribution is 2.18. The zero-order chi connectivity index (χ0) is 29.4. The fraction of sp³-hybridized carbons (Fsp3) is 0.231. The van der Waals surface area contributed by atoms with Crippen LogP contribution in [-0.4, -0.2) is 42.7 Å². The van der Waals surface area contributed by atoms with E-state index in [4.69, 9.17) is 0 Å². The highest BCUT2D eigenvalue weighted by Gasteiger charge is 2.29. The maximum Gasteiger partial charge on any atom is 0.405 e. The number of anilines is 3. The molecular weight excluding hydrogens is 552 g/mol. The number of benzene rings is 2. The van der Waals surface area contributed by atoms with Gasteiger partial charge in [0.05, 0.1) is 12.2 Å². The molecule has 0 aliphatic rings. The third-order valence-corrected chi connectivity index (χ3v) is 6.52. The first-order valence-electron chi connectivity index (χ1n) is 11.7. The standard InChI is InChI=1S/C26H24F4N6O3S/c1-3-36-24(39)21(40-25(36)18(12-31)23(38)33-15-26(28,29)30)13-32-16-7-6-8-17(11-16)34-22(37)14-35(2)20-10-5-4-9-19(20)27/h4-11,13,32H,3,14-15H2,1-2H3,(H,33,38)(H,34,37)/b21-13+,25-18-. The number of carbonyl (C=O) groups excluding carboxylic acids is 2. The van der Waals surface area contributed by atoms with Crippen molar-refractivity contribution in [2.75, 3.05) is 35.7 Å². The summed E-state index contributed by atoms with van der Waals surface area (Å²) in [5, 5.41) is 16.7. The summed E-state index contributed by atoms with van der Waals surface area (Å²) in [5.74, 6) is -2.10. The van der Waals surface area contributed by atoms with Gasteiger partial charge in [0.1, 0.15) is 27.6 Å². The number of likely N-dealkylation sites (N-methyl/N-ethyl adjacent to an activating group) is 1. The zero-order valence-corrected chi connectivity index (χ0v) is 22.1. The third kappa shape index (κ3) is 7.70. The molecule has 0 aliphatic heterocycles. The number of hydrogen-bond acceptors (Lipinski definition) is 7. The van der Waals surface area contributed by atoms with Crippen molar-refractivity contribution in [2.24, 2.45) is 0 Å². The van der Waals surface area contributed by atoms with Crippen molar-refractivity contribution in [3.8, 4) is 6.07 Å². The molecule has 1 aromatic heterocycles. The van der Waals surface area contributed by atoms with Crippen LogP contribution in [0.1, 0.15) is 6.92 Å². The largest absolute Gasteiger partial charge is 0.405 e. The molecule has 3 N–H and O–H groups in total. The van der Waals surface area contributed by atoms with E-state index in [9.17, 15) is 37.2 Å². The van der Waals surface area contributed by atoms with Crippen LogP contribution in [0.25, 0.3) is 11.8 Å². The van der Waals surface area contributed by atoms with Gasteiger partial charge in [-0.3, -0.25) is 19.0 Å². The molecule has 0 saturated carbocycles. The van der Waals surface area contributed by atoms with Gasteiger partial charge in [0.15, 0.2) is 5.57 Å². The average Bonchev–Trinajstić information content (AvgIpc) is 3.21. The maximum atomic E-state index is 14.0. The van der Waals surface area contributed by atoms with E-state index < -0.39 is 41.5 Å². The molecule has 2 amide bonds. The van der Waals surface area contributed by atoms with E-state index in [1.807, 2.05) is 0 Å². The summed E-state index contributed by atoms with van der Waals surface area (Å²) in [7, 11) is 1.58. The number of carbonyl (C=O) groups is 2. The van der Waals surface area contributed by atoms with E-state index in [-0.39, 0.29) is 28.0 Å². The molecule has 1 heterocycles. The van der Waals surface area contributed by atoms with Crippen molar-refractivity contribution >= 4 is 52.0 Å². The zero-order valence-electron chi connectivity index (χ0n) is 21.3. The van der Waals surface area contributed by atoms with Crippen molar-refractivity contribution in [2.45, 2.75) is 19.6 Å². The van der Waals surface area contributed by atoms with Gasteiger partial charge in [-0.05, 0) is 37.3 Å². The summed E-state index contributed by atoms with van der Waals surface area (Å²) >= 11 is 0.770. The minimum atomic E-state index is -4.66. The Labute approximate surface area is 229 Å². The lowest BCUT2D eigenvalue weighted by Crippen LogP contribution is -2.37. The molecule has 0 aliphatic carbocycles. The number of aromatic nitrogens is 1. The van der Waals surface area contributed by atoms with Gasteiger partial charge >= 0.3 is 6.18 Å². The van der Waals surface area contributed by atoms with Gasteiger partial charge in [0.2, 0.25) is 5.91 Å². The number of alkyl halides is 3. The maximum absolute atomic E-state index is 14.0. The van der Waals surface area contributed by atoms with Gasteiger partial charge in [-0.2, -0.15) is 18.4 Å². The van der Waals surface area contributed by atoms with Crippen LogP contribution in [0.3, 0.4) is 0 Å². The predicted molar refractivity (Wildman–Crippen MR) is 144 cm³/mol. The predicted octanol–water partition coefficient (Wildman–Crippen LogP) is 2.35. The molecule has 210 valence electrons. The lowest BCUT2D eigenvalue weighted by atomic mass is 10.2. The summed E-state index contributed by atoms with van der Waals surface area (Å²) in [5.41, 5.74) is 0.00458. The van der Waals surface area contributed by atoms with Crippen molar-refractivity contribution in [1.29, 1.82) is 5.26 Å². The molecule has 3 aromatic rings. The van der Waals surface area contributed by atoms with E-state index in [1.165, 1.54) is 17.2 Å². The molecule has 0 radical (unpaired) electrons. The van der Waals surface area contributed by atoms with Crippen molar-refractivity contribution < 1.29 is 27.2 Å². The summed E-state index contributed by atoms with van der Waals surface area (Å²) in [6.45, 7) is -0.0780. The molecule has 3 rings (SSSR count). The Balaban J connectivity index is 1.80. The molecular formula is C26H24F4N6O3S. The van der Waals surface area contributed by atoms with Crippen LogP contribution in [0.4, 0.5) is 34.6 Å². The topological polar surface area (TPSA) is 119 Å². The lowest BCUT2D eigenvalue weighted by Gasteiger charge is -2.19. The van der Waals surface area contributed by atoms with E-state index in [0.717, 1.165) is 15.9 Å². The molecule has 14 heteroatoms. The van der Waals surface area contributed by atoms with Crippen LogP contribution >= 0.6 is 11.3 Å². The van der Waals surface area contributed by atoms with Gasteiger partial charge in [-0.15, -0.1) is 11.3 Å². The van der Waals surface area contributed by atoms with Crippen LogP contribution in [0.5, 0.6) is 0 Å². The summed E-state index contributed by atoms with van der Waals surface area (Å²) in [6.07, 6.45) is -3.33. The molecule has 0 bridgehead atoms. The van der Waals surface area contributed by atoms with Gasteiger partial charge in [-0.1, -0.05) is 18.2 Å². The fourth-order valence-corrected chi connectivity index (χ4v) is 4.64. The quantitative estimate of drug-likeness (QED) is 0.337. The van der Waals surface area contributed by atoms with Crippen molar-refractivity contribution in [1.82, 2.24) is 9.88 Å². The van der Waals surface area contributed by atoms with Gasteiger partial charge in [-0.25, -0.2) is 4.39 Å². The number of hydrogen-bond donors (Lipinski definition) is 3. The molecule has 0 spiro atoms. The Morgan fingerprint density at radius 2 is 1.85 bits per heavy atom. The first kappa shape index (κ1) is 29.9. The van der Waals surface area contributed by atoms with Gasteiger partial charge in [0.25, 0.3) is 11.5 Å². The highest BCUT2D eigenvalue weighted by molar-refractivity contribution is 7.07. The first-order chi connectivity index (χ1) is 18.9. The number of para-hydroxylation sites is 1. The average molecular weight is 577 g/mol. The van der Waals surface area contributed by atoms with E-state index in [1.54, 1.807) is 67.8 Å². The number of halogens is 4.